The molecule has 2 aromatic carbocycles. The van der Waals surface area contributed by atoms with E-state index in [1.54, 1.807) is 61.5 Å². The van der Waals surface area contributed by atoms with E-state index in [4.69, 9.17) is 32.4 Å². The van der Waals surface area contributed by atoms with E-state index >= 15 is 0 Å². The lowest BCUT2D eigenvalue weighted by atomic mass is 10.1. The fourth-order valence-electron chi connectivity index (χ4n) is 2.52. The van der Waals surface area contributed by atoms with Gasteiger partial charge in [-0.05, 0) is 61.5 Å². The van der Waals surface area contributed by atoms with Crippen molar-refractivity contribution in [1.29, 1.82) is 0 Å². The van der Waals surface area contributed by atoms with Crippen LogP contribution in [0.3, 0.4) is 0 Å². The van der Waals surface area contributed by atoms with Crippen molar-refractivity contribution in [3.63, 3.8) is 0 Å². The second-order valence-corrected chi connectivity index (χ2v) is 6.67. The van der Waals surface area contributed by atoms with Crippen molar-refractivity contribution in [1.82, 2.24) is 0 Å². The predicted molar refractivity (Wildman–Crippen MR) is 110 cm³/mol. The first kappa shape index (κ1) is 19.9. The third kappa shape index (κ3) is 4.71. The van der Waals surface area contributed by atoms with Gasteiger partial charge in [0.1, 0.15) is 11.5 Å². The summed E-state index contributed by atoms with van der Waals surface area (Å²) < 4.78 is 10.7. The molecule has 0 aliphatic heterocycles. The first-order valence-corrected chi connectivity index (χ1v) is 9.28. The standard InChI is InChI=1S/C22H16Cl2O4/c1-2-27-22(26)15-5-3-14(4-6-15)21-12-9-17(28-21)8-11-20(25)18-13-16(23)7-10-19(18)24/h3-13H,2H2,1H3/b11-8+. The zero-order valence-corrected chi connectivity index (χ0v) is 16.5. The molecule has 0 unspecified atom stereocenters. The molecule has 3 rings (SSSR count). The van der Waals surface area contributed by atoms with Crippen molar-refractivity contribution in [3.8, 4) is 11.3 Å². The summed E-state index contributed by atoms with van der Waals surface area (Å²) in [5.74, 6) is 0.485. The minimum atomic E-state index is -0.365. The molecule has 0 saturated carbocycles. The van der Waals surface area contributed by atoms with Crippen LogP contribution in [0.4, 0.5) is 0 Å². The Morgan fingerprint density at radius 3 is 2.50 bits per heavy atom. The van der Waals surface area contributed by atoms with Crippen molar-refractivity contribution >= 4 is 41.0 Å². The Kier molecular flexibility index (Phi) is 6.34. The number of ether oxygens (including phenoxy) is 1. The van der Waals surface area contributed by atoms with Crippen LogP contribution in [0.5, 0.6) is 0 Å². The maximum absolute atomic E-state index is 12.3. The van der Waals surface area contributed by atoms with Crippen LogP contribution >= 0.6 is 23.2 Å². The number of allylic oxidation sites excluding steroid dienone is 1. The van der Waals surface area contributed by atoms with Gasteiger partial charge in [0.15, 0.2) is 5.78 Å². The molecule has 0 saturated heterocycles. The molecule has 0 spiro atoms. The number of furan rings is 1. The van der Waals surface area contributed by atoms with E-state index in [2.05, 4.69) is 0 Å². The van der Waals surface area contributed by atoms with Gasteiger partial charge in [-0.15, -0.1) is 0 Å². The van der Waals surface area contributed by atoms with Crippen LogP contribution in [-0.2, 0) is 4.74 Å². The van der Waals surface area contributed by atoms with Crippen molar-refractivity contribution < 1.29 is 18.7 Å². The molecule has 0 bridgehead atoms. The van der Waals surface area contributed by atoms with Gasteiger partial charge >= 0.3 is 5.97 Å². The van der Waals surface area contributed by atoms with Gasteiger partial charge in [0.2, 0.25) is 0 Å². The molecule has 1 heterocycles. The molecule has 28 heavy (non-hydrogen) atoms. The number of carbonyl (C=O) groups is 2. The van der Waals surface area contributed by atoms with E-state index < -0.39 is 0 Å². The molecular weight excluding hydrogens is 399 g/mol. The van der Waals surface area contributed by atoms with E-state index in [9.17, 15) is 9.59 Å². The number of hydrogen-bond donors (Lipinski definition) is 0. The highest BCUT2D eigenvalue weighted by molar-refractivity contribution is 6.36. The Balaban J connectivity index is 1.73. The number of benzene rings is 2. The van der Waals surface area contributed by atoms with Crippen LogP contribution in [0.2, 0.25) is 10.0 Å². The molecule has 0 amide bonds. The lowest BCUT2D eigenvalue weighted by molar-refractivity contribution is 0.0526. The van der Waals surface area contributed by atoms with Crippen molar-refractivity contribution in [2.75, 3.05) is 6.61 Å². The minimum absolute atomic E-state index is 0.274. The third-order valence-electron chi connectivity index (χ3n) is 3.90. The molecule has 3 aromatic rings. The van der Waals surface area contributed by atoms with Gasteiger partial charge < -0.3 is 9.15 Å². The Bertz CT molecular complexity index is 1030. The van der Waals surface area contributed by atoms with Gasteiger partial charge in [0.05, 0.1) is 17.2 Å². The van der Waals surface area contributed by atoms with Crippen LogP contribution in [0, 0.1) is 0 Å². The number of ketones is 1. The number of hydrogen-bond acceptors (Lipinski definition) is 4. The van der Waals surface area contributed by atoms with Gasteiger partial charge in [0, 0.05) is 16.1 Å². The fourth-order valence-corrected chi connectivity index (χ4v) is 2.90. The largest absolute Gasteiger partial charge is 0.462 e. The van der Waals surface area contributed by atoms with Gasteiger partial charge in [-0.25, -0.2) is 4.79 Å². The Hall–Kier alpha value is -2.82. The van der Waals surface area contributed by atoms with Crippen LogP contribution in [0.25, 0.3) is 17.4 Å². The monoisotopic (exact) mass is 414 g/mol. The zero-order valence-electron chi connectivity index (χ0n) is 14.9. The summed E-state index contributed by atoms with van der Waals surface area (Å²) in [6, 6.07) is 15.2. The molecule has 0 aliphatic rings. The van der Waals surface area contributed by atoms with E-state index in [1.807, 2.05) is 0 Å². The van der Waals surface area contributed by atoms with Crippen LogP contribution in [0.15, 0.2) is 65.1 Å². The molecule has 0 atom stereocenters. The van der Waals surface area contributed by atoms with Crippen molar-refractivity contribution in [3.05, 3.63) is 87.6 Å². The van der Waals surface area contributed by atoms with Gasteiger partial charge in [-0.3, -0.25) is 4.79 Å². The lowest BCUT2D eigenvalue weighted by Crippen LogP contribution is -2.03. The Labute approximate surface area is 172 Å². The Morgan fingerprint density at radius 1 is 1.04 bits per heavy atom. The summed E-state index contributed by atoms with van der Waals surface area (Å²) in [7, 11) is 0. The average Bonchev–Trinajstić information content (AvgIpc) is 3.17. The summed E-state index contributed by atoms with van der Waals surface area (Å²) in [6.07, 6.45) is 2.94. The minimum Gasteiger partial charge on any atom is -0.462 e. The highest BCUT2D eigenvalue weighted by Gasteiger charge is 2.10. The molecule has 6 heteroatoms. The molecule has 0 N–H and O–H groups in total. The highest BCUT2D eigenvalue weighted by atomic mass is 35.5. The van der Waals surface area contributed by atoms with E-state index in [0.717, 1.165) is 5.56 Å². The SMILES string of the molecule is CCOC(=O)c1ccc(-c2ccc(/C=C/C(=O)c3cc(Cl)ccc3Cl)o2)cc1. The summed E-state index contributed by atoms with van der Waals surface area (Å²) in [6.45, 7) is 2.09. The van der Waals surface area contributed by atoms with Crippen molar-refractivity contribution in [2.24, 2.45) is 0 Å². The van der Waals surface area contributed by atoms with Crippen LogP contribution in [-0.4, -0.2) is 18.4 Å². The second kappa shape index (κ2) is 8.91. The Morgan fingerprint density at radius 2 is 1.79 bits per heavy atom. The number of rotatable bonds is 6. The molecular formula is C22H16Cl2O4. The molecule has 0 aliphatic carbocycles. The van der Waals surface area contributed by atoms with Crippen LogP contribution < -0.4 is 0 Å². The van der Waals surface area contributed by atoms with E-state index in [1.165, 1.54) is 12.1 Å². The quantitative estimate of drug-likeness (QED) is 0.268. The predicted octanol–water partition coefficient (Wildman–Crippen LogP) is 6.33. The van der Waals surface area contributed by atoms with Crippen molar-refractivity contribution in [2.45, 2.75) is 6.92 Å². The van der Waals surface area contributed by atoms with Gasteiger partial charge in [0.25, 0.3) is 0 Å². The van der Waals surface area contributed by atoms with Crippen LogP contribution in [0.1, 0.15) is 33.4 Å². The average molecular weight is 415 g/mol. The maximum atomic E-state index is 12.3. The normalized spacial score (nSPS) is 11.0. The smallest absolute Gasteiger partial charge is 0.338 e. The second-order valence-electron chi connectivity index (χ2n) is 5.82. The van der Waals surface area contributed by atoms with Gasteiger partial charge in [-0.1, -0.05) is 35.3 Å². The summed E-state index contributed by atoms with van der Waals surface area (Å²) in [4.78, 5) is 24.0. The first-order chi connectivity index (χ1) is 13.5. The molecule has 142 valence electrons. The summed E-state index contributed by atoms with van der Waals surface area (Å²) in [5, 5.41) is 0.772. The first-order valence-electron chi connectivity index (χ1n) is 8.53. The topological polar surface area (TPSA) is 56.5 Å². The fraction of sp³-hybridized carbons (Fsp3) is 0.0909. The highest BCUT2D eigenvalue weighted by Crippen LogP contribution is 2.25. The summed E-state index contributed by atoms with van der Waals surface area (Å²) >= 11 is 12.0. The van der Waals surface area contributed by atoms with E-state index in [-0.39, 0.29) is 11.8 Å². The molecule has 1 aromatic heterocycles. The van der Waals surface area contributed by atoms with Gasteiger partial charge in [-0.2, -0.15) is 0 Å². The third-order valence-corrected chi connectivity index (χ3v) is 4.46. The molecule has 4 nitrogen and oxygen atoms in total. The number of carbonyl (C=O) groups excluding carboxylic acids is 2. The maximum Gasteiger partial charge on any atom is 0.338 e. The number of esters is 1. The lowest BCUT2D eigenvalue weighted by Gasteiger charge is -2.02. The molecule has 0 fully saturated rings. The zero-order chi connectivity index (χ0) is 20.1. The molecule has 0 radical (unpaired) electrons. The summed E-state index contributed by atoms with van der Waals surface area (Å²) in [5.41, 5.74) is 1.60. The number of halogens is 2. The van der Waals surface area contributed by atoms with E-state index in [0.29, 0.717) is 39.3 Å².